The van der Waals surface area contributed by atoms with Crippen molar-refractivity contribution in [3.8, 4) is 0 Å². The maximum atomic E-state index is 14.8. The Bertz CT molecular complexity index is 1460. The van der Waals surface area contributed by atoms with Gasteiger partial charge in [0.2, 0.25) is 5.91 Å². The summed E-state index contributed by atoms with van der Waals surface area (Å²) >= 11 is 6.04. The molecule has 7 nitrogen and oxygen atoms in total. The van der Waals surface area contributed by atoms with Crippen molar-refractivity contribution in [1.82, 2.24) is 0 Å². The van der Waals surface area contributed by atoms with Crippen LogP contribution in [0.25, 0.3) is 0 Å². The van der Waals surface area contributed by atoms with Crippen molar-refractivity contribution in [1.29, 1.82) is 0 Å². The molecular formula is C32H33ClF2N2O5. The van der Waals surface area contributed by atoms with Crippen LogP contribution >= 0.6 is 11.6 Å². The van der Waals surface area contributed by atoms with E-state index < -0.39 is 35.6 Å². The number of anilines is 2. The second-order valence-corrected chi connectivity index (χ2v) is 11.3. The van der Waals surface area contributed by atoms with Gasteiger partial charge < -0.3 is 19.6 Å². The van der Waals surface area contributed by atoms with Gasteiger partial charge in [-0.25, -0.2) is 4.79 Å². The summed E-state index contributed by atoms with van der Waals surface area (Å²) in [5.74, 6) is -5.80. The number of ether oxygens (including phenoxy) is 1. The molecule has 2 amide bonds. The number of rotatable bonds is 9. The van der Waals surface area contributed by atoms with Crippen LogP contribution in [0.3, 0.4) is 0 Å². The molecule has 1 N–H and O–H groups in total. The summed E-state index contributed by atoms with van der Waals surface area (Å²) in [7, 11) is 0. The van der Waals surface area contributed by atoms with E-state index in [0.29, 0.717) is 29.2 Å². The average Bonchev–Trinajstić information content (AvgIpc) is 2.96. The Labute approximate surface area is 248 Å². The highest BCUT2D eigenvalue weighted by atomic mass is 35.5. The van der Waals surface area contributed by atoms with Crippen LogP contribution in [0.15, 0.2) is 72.8 Å². The van der Waals surface area contributed by atoms with Gasteiger partial charge in [0.1, 0.15) is 6.61 Å². The SMILES string of the molecule is CCN(C(=O)[C@H]1C[C@H](C)N(C(=O)c2ccc(C(F)(F)COC(C)(C)C(=O)O)cc2)c2ccccc21)c1ccc(Cl)cc1. The zero-order valence-electron chi connectivity index (χ0n) is 23.8. The van der Waals surface area contributed by atoms with Crippen LogP contribution in [0.2, 0.25) is 5.02 Å². The van der Waals surface area contributed by atoms with Gasteiger partial charge in [-0.15, -0.1) is 0 Å². The molecule has 1 heterocycles. The first-order valence-corrected chi connectivity index (χ1v) is 14.0. The van der Waals surface area contributed by atoms with Crippen LogP contribution in [-0.2, 0) is 20.2 Å². The van der Waals surface area contributed by atoms with Gasteiger partial charge in [-0.2, -0.15) is 8.78 Å². The molecular weight excluding hydrogens is 566 g/mol. The molecule has 0 radical (unpaired) electrons. The third-order valence-corrected chi connectivity index (χ3v) is 7.76. The number of nitrogens with zero attached hydrogens (tertiary/aromatic N) is 2. The van der Waals surface area contributed by atoms with E-state index in [2.05, 4.69) is 0 Å². The highest BCUT2D eigenvalue weighted by Gasteiger charge is 2.40. The van der Waals surface area contributed by atoms with Crippen molar-refractivity contribution >= 4 is 40.8 Å². The molecule has 0 bridgehead atoms. The van der Waals surface area contributed by atoms with Crippen LogP contribution in [0.4, 0.5) is 20.2 Å². The first-order chi connectivity index (χ1) is 19.8. The number of alkyl halides is 2. The number of carbonyl (C=O) groups is 3. The van der Waals surface area contributed by atoms with Crippen molar-refractivity contribution in [3.63, 3.8) is 0 Å². The van der Waals surface area contributed by atoms with Gasteiger partial charge in [-0.05, 0) is 82.1 Å². The Morgan fingerprint density at radius 1 is 1.02 bits per heavy atom. The minimum Gasteiger partial charge on any atom is -0.479 e. The van der Waals surface area contributed by atoms with E-state index in [4.69, 9.17) is 21.4 Å². The number of hydrogen-bond donors (Lipinski definition) is 1. The zero-order chi connectivity index (χ0) is 30.8. The van der Waals surface area contributed by atoms with Gasteiger partial charge in [-0.3, -0.25) is 9.59 Å². The lowest BCUT2D eigenvalue weighted by Gasteiger charge is -2.40. The molecule has 2 atom stereocenters. The summed E-state index contributed by atoms with van der Waals surface area (Å²) in [5, 5.41) is 9.70. The second kappa shape index (κ2) is 12.2. The topological polar surface area (TPSA) is 87.2 Å². The average molecular weight is 599 g/mol. The first-order valence-electron chi connectivity index (χ1n) is 13.6. The lowest BCUT2D eigenvalue weighted by molar-refractivity contribution is -0.175. The van der Waals surface area contributed by atoms with Gasteiger partial charge >= 0.3 is 5.97 Å². The fraction of sp³-hybridized carbons (Fsp3) is 0.344. The molecule has 0 saturated heterocycles. The predicted octanol–water partition coefficient (Wildman–Crippen LogP) is 6.89. The molecule has 0 saturated carbocycles. The maximum absolute atomic E-state index is 14.8. The number of para-hydroxylation sites is 1. The lowest BCUT2D eigenvalue weighted by Crippen LogP contribution is -2.46. The van der Waals surface area contributed by atoms with E-state index in [1.54, 1.807) is 46.2 Å². The number of amides is 2. The summed E-state index contributed by atoms with van der Waals surface area (Å²) in [4.78, 5) is 42.1. The van der Waals surface area contributed by atoms with E-state index in [1.165, 1.54) is 26.0 Å². The monoisotopic (exact) mass is 598 g/mol. The molecule has 3 aromatic rings. The highest BCUT2D eigenvalue weighted by Crippen LogP contribution is 2.41. The summed E-state index contributed by atoms with van der Waals surface area (Å²) < 4.78 is 34.6. The molecule has 1 aliphatic rings. The number of fused-ring (bicyclic) bond motifs is 1. The van der Waals surface area contributed by atoms with E-state index in [9.17, 15) is 23.2 Å². The van der Waals surface area contributed by atoms with Gasteiger partial charge in [0.05, 0.1) is 5.92 Å². The number of likely N-dealkylation sites (N-methyl/N-ethyl adjacent to an activating group) is 1. The maximum Gasteiger partial charge on any atom is 0.335 e. The minimum absolute atomic E-state index is 0.0916. The summed E-state index contributed by atoms with van der Waals surface area (Å²) in [6, 6.07) is 18.8. The summed E-state index contributed by atoms with van der Waals surface area (Å²) in [6.07, 6.45) is 0.374. The van der Waals surface area contributed by atoms with Crippen LogP contribution in [0.5, 0.6) is 0 Å². The van der Waals surface area contributed by atoms with Crippen molar-refractivity contribution in [2.24, 2.45) is 0 Å². The van der Waals surface area contributed by atoms with Gasteiger partial charge in [0, 0.05) is 40.1 Å². The van der Waals surface area contributed by atoms with Crippen LogP contribution in [-0.4, -0.2) is 47.7 Å². The fourth-order valence-electron chi connectivity index (χ4n) is 5.04. The molecule has 0 aliphatic carbocycles. The Morgan fingerprint density at radius 3 is 2.24 bits per heavy atom. The minimum atomic E-state index is -3.47. The Kier molecular flexibility index (Phi) is 9.03. The van der Waals surface area contributed by atoms with E-state index >= 15 is 0 Å². The van der Waals surface area contributed by atoms with Crippen LogP contribution in [0.1, 0.15) is 61.5 Å². The molecule has 1 aliphatic heterocycles. The second-order valence-electron chi connectivity index (χ2n) is 10.8. The van der Waals surface area contributed by atoms with Crippen molar-refractivity contribution in [2.45, 2.75) is 57.6 Å². The first kappa shape index (κ1) is 31.1. The molecule has 0 fully saturated rings. The number of hydrogen-bond acceptors (Lipinski definition) is 4. The number of benzene rings is 3. The third kappa shape index (κ3) is 6.32. The van der Waals surface area contributed by atoms with Crippen molar-refractivity contribution in [3.05, 3.63) is 94.5 Å². The number of carboxylic acid groups (broad SMARTS) is 1. The number of carbonyl (C=O) groups excluding carboxylic acids is 2. The molecule has 10 heteroatoms. The van der Waals surface area contributed by atoms with Crippen LogP contribution in [0, 0.1) is 0 Å². The Morgan fingerprint density at radius 2 is 1.64 bits per heavy atom. The highest BCUT2D eigenvalue weighted by molar-refractivity contribution is 6.30. The standard InChI is InChI=1S/C32H33ClF2N2O5/c1-5-36(24-16-14-23(33)15-17-24)29(39)26-18-20(2)37(27-9-7-6-8-25(26)27)28(38)21-10-12-22(13-11-21)32(34,35)19-42-31(3,4)30(40)41/h6-17,20,26H,5,18-19H2,1-4H3,(H,40,41)/t20-,26-/m0/s1. The van der Waals surface area contributed by atoms with Crippen molar-refractivity contribution in [2.75, 3.05) is 23.0 Å². The molecule has 0 unspecified atom stereocenters. The molecule has 42 heavy (non-hydrogen) atoms. The number of carboxylic acids is 1. The Hall–Kier alpha value is -3.82. The van der Waals surface area contributed by atoms with E-state index in [-0.39, 0.29) is 23.4 Å². The summed E-state index contributed by atoms with van der Waals surface area (Å²) in [5.41, 5.74) is 0.0424. The number of aliphatic carboxylic acids is 1. The molecule has 4 rings (SSSR count). The van der Waals surface area contributed by atoms with Gasteiger partial charge in [0.15, 0.2) is 5.60 Å². The largest absolute Gasteiger partial charge is 0.479 e. The fourth-order valence-corrected chi connectivity index (χ4v) is 5.17. The Balaban J connectivity index is 1.58. The van der Waals surface area contributed by atoms with Gasteiger partial charge in [0.25, 0.3) is 11.8 Å². The summed E-state index contributed by atoms with van der Waals surface area (Å²) in [6.45, 7) is 5.46. The normalized spacial score (nSPS) is 17.0. The predicted molar refractivity (Wildman–Crippen MR) is 158 cm³/mol. The molecule has 0 spiro atoms. The van der Waals surface area contributed by atoms with Gasteiger partial charge in [-0.1, -0.05) is 41.9 Å². The smallest absolute Gasteiger partial charge is 0.335 e. The molecule has 0 aromatic heterocycles. The molecule has 3 aromatic carbocycles. The van der Waals surface area contributed by atoms with E-state index in [0.717, 1.165) is 17.8 Å². The lowest BCUT2D eigenvalue weighted by atomic mass is 9.84. The molecule has 222 valence electrons. The third-order valence-electron chi connectivity index (χ3n) is 7.51. The van der Waals surface area contributed by atoms with E-state index in [1.807, 2.05) is 26.0 Å². The number of halogens is 3. The van der Waals surface area contributed by atoms with Crippen molar-refractivity contribution < 1.29 is 33.0 Å². The van der Waals surface area contributed by atoms with Crippen LogP contribution < -0.4 is 9.80 Å². The zero-order valence-corrected chi connectivity index (χ0v) is 24.6. The quantitative estimate of drug-likeness (QED) is 0.290.